The first-order valence-corrected chi connectivity index (χ1v) is 8.02. The largest absolute Gasteiger partial charge is 0.278 e. The number of H-pyrrole nitrogens is 1. The van der Waals surface area contributed by atoms with Crippen molar-refractivity contribution in [3.8, 4) is 0 Å². The highest BCUT2D eigenvalue weighted by atomic mass is 79.9. The van der Waals surface area contributed by atoms with Crippen LogP contribution in [0.1, 0.15) is 18.5 Å². The van der Waals surface area contributed by atoms with E-state index in [1.165, 1.54) is 0 Å². The van der Waals surface area contributed by atoms with Crippen molar-refractivity contribution in [3.05, 3.63) is 26.6 Å². The van der Waals surface area contributed by atoms with Gasteiger partial charge >= 0.3 is 0 Å². The highest BCUT2D eigenvalue weighted by Crippen LogP contribution is 2.21. The van der Waals surface area contributed by atoms with Crippen LogP contribution in [-0.2, 0) is 16.3 Å². The molecule has 94 valence electrons. The van der Waals surface area contributed by atoms with Gasteiger partial charge in [0.05, 0.1) is 21.7 Å². The maximum absolute atomic E-state index is 11.5. The van der Waals surface area contributed by atoms with E-state index in [1.54, 1.807) is 6.07 Å². The molecule has 2 heterocycles. The zero-order chi connectivity index (χ0) is 12.5. The minimum atomic E-state index is -2.88. The molecule has 0 spiro atoms. The van der Waals surface area contributed by atoms with E-state index in [0.29, 0.717) is 16.6 Å². The quantitative estimate of drug-likeness (QED) is 0.878. The molecular weight excluding hydrogens is 308 g/mol. The van der Waals surface area contributed by atoms with Gasteiger partial charge in [0, 0.05) is 0 Å². The number of rotatable bonds is 2. The molecule has 17 heavy (non-hydrogen) atoms. The molecule has 1 aliphatic rings. The second-order valence-electron chi connectivity index (χ2n) is 4.36. The Morgan fingerprint density at radius 3 is 2.94 bits per heavy atom. The topological polar surface area (TPSA) is 79.9 Å². The van der Waals surface area contributed by atoms with Gasteiger partial charge in [0.1, 0.15) is 0 Å². The first kappa shape index (κ1) is 12.8. The second kappa shape index (κ2) is 4.89. The van der Waals surface area contributed by atoms with E-state index in [0.717, 1.165) is 18.5 Å². The fourth-order valence-electron chi connectivity index (χ4n) is 2.10. The van der Waals surface area contributed by atoms with Crippen molar-refractivity contribution in [2.75, 3.05) is 11.5 Å². The van der Waals surface area contributed by atoms with Gasteiger partial charge < -0.3 is 0 Å². The van der Waals surface area contributed by atoms with Crippen molar-refractivity contribution < 1.29 is 8.42 Å². The Bertz CT molecular complexity index is 567. The number of sulfone groups is 1. The number of aromatic amines is 1. The van der Waals surface area contributed by atoms with Crippen LogP contribution in [-0.4, -0.2) is 30.1 Å². The molecule has 1 N–H and O–H groups in total. The monoisotopic (exact) mass is 320 g/mol. The van der Waals surface area contributed by atoms with Crippen LogP contribution in [0.4, 0.5) is 0 Å². The van der Waals surface area contributed by atoms with Gasteiger partial charge in [-0.3, -0.25) is 4.79 Å². The Hall–Kier alpha value is -0.690. The number of halogens is 1. The summed E-state index contributed by atoms with van der Waals surface area (Å²) in [5.41, 5.74) is 0.448. The summed E-state index contributed by atoms with van der Waals surface area (Å²) in [4.78, 5) is 11.1. The third kappa shape index (κ3) is 3.38. The van der Waals surface area contributed by atoms with E-state index in [1.807, 2.05) is 0 Å². The Balaban J connectivity index is 2.10. The van der Waals surface area contributed by atoms with Crippen molar-refractivity contribution in [2.24, 2.45) is 5.92 Å². The van der Waals surface area contributed by atoms with Gasteiger partial charge in [-0.1, -0.05) is 0 Å². The van der Waals surface area contributed by atoms with Crippen LogP contribution in [0.2, 0.25) is 0 Å². The molecule has 0 aliphatic carbocycles. The summed E-state index contributed by atoms with van der Waals surface area (Å²) in [6.45, 7) is 0. The lowest BCUT2D eigenvalue weighted by atomic mass is 9.99. The fraction of sp³-hybridized carbons (Fsp3) is 0.600. The van der Waals surface area contributed by atoms with Crippen LogP contribution in [0, 0.1) is 5.92 Å². The van der Waals surface area contributed by atoms with Gasteiger partial charge in [0.15, 0.2) is 9.84 Å². The summed E-state index contributed by atoms with van der Waals surface area (Å²) in [5, 5.41) is 6.30. The van der Waals surface area contributed by atoms with Gasteiger partial charge in [0.25, 0.3) is 5.56 Å². The number of hydrogen-bond acceptors (Lipinski definition) is 4. The molecule has 1 fully saturated rings. The molecule has 1 aromatic heterocycles. The summed E-state index contributed by atoms with van der Waals surface area (Å²) in [6, 6.07) is 1.65. The highest BCUT2D eigenvalue weighted by molar-refractivity contribution is 9.10. The van der Waals surface area contributed by atoms with Crippen LogP contribution in [0.5, 0.6) is 0 Å². The number of nitrogens with zero attached hydrogens (tertiary/aromatic N) is 1. The molecule has 1 aromatic rings. The molecule has 2 rings (SSSR count). The van der Waals surface area contributed by atoms with E-state index in [4.69, 9.17) is 0 Å². The van der Waals surface area contributed by atoms with Gasteiger partial charge in [-0.15, -0.1) is 0 Å². The molecule has 0 saturated carbocycles. The summed E-state index contributed by atoms with van der Waals surface area (Å²) >= 11 is 3.13. The van der Waals surface area contributed by atoms with Crippen molar-refractivity contribution in [2.45, 2.75) is 19.3 Å². The third-order valence-corrected chi connectivity index (χ3v) is 5.35. The maximum Gasteiger partial charge on any atom is 0.278 e. The van der Waals surface area contributed by atoms with Gasteiger partial charge in [0.2, 0.25) is 0 Å². The standard InChI is InChI=1S/C10H13BrN2O3S/c11-9-5-8(12-13-10(9)14)4-7-2-1-3-17(15,16)6-7/h5,7H,1-4,6H2,(H,13,14). The SMILES string of the molecule is O=c1[nH]nc(CC2CCCS(=O)(=O)C2)cc1Br. The third-order valence-electron chi connectivity index (χ3n) is 2.87. The molecule has 0 amide bonds. The highest BCUT2D eigenvalue weighted by Gasteiger charge is 2.25. The zero-order valence-electron chi connectivity index (χ0n) is 9.15. The van der Waals surface area contributed by atoms with Crippen molar-refractivity contribution in [1.82, 2.24) is 10.2 Å². The van der Waals surface area contributed by atoms with Crippen LogP contribution in [0.3, 0.4) is 0 Å². The van der Waals surface area contributed by atoms with Crippen LogP contribution >= 0.6 is 15.9 Å². The second-order valence-corrected chi connectivity index (χ2v) is 7.45. The summed E-state index contributed by atoms with van der Waals surface area (Å²) in [5.74, 6) is 0.636. The molecule has 0 bridgehead atoms. The van der Waals surface area contributed by atoms with E-state index < -0.39 is 9.84 Å². The van der Waals surface area contributed by atoms with Crippen molar-refractivity contribution in [3.63, 3.8) is 0 Å². The molecule has 5 nitrogen and oxygen atoms in total. The molecule has 1 saturated heterocycles. The van der Waals surface area contributed by atoms with Crippen molar-refractivity contribution in [1.29, 1.82) is 0 Å². The van der Waals surface area contributed by atoms with Gasteiger partial charge in [-0.2, -0.15) is 5.10 Å². The molecule has 0 radical (unpaired) electrons. The lowest BCUT2D eigenvalue weighted by Crippen LogP contribution is -2.27. The van der Waals surface area contributed by atoms with Crippen LogP contribution in [0.25, 0.3) is 0 Å². The normalized spacial score (nSPS) is 23.5. The average molecular weight is 321 g/mol. The molecule has 7 heteroatoms. The molecular formula is C10H13BrN2O3S. The predicted molar refractivity (Wildman–Crippen MR) is 67.6 cm³/mol. The lowest BCUT2D eigenvalue weighted by molar-refractivity contribution is 0.478. The number of aromatic nitrogens is 2. The molecule has 0 aromatic carbocycles. The minimum Gasteiger partial charge on any atom is -0.267 e. The van der Waals surface area contributed by atoms with E-state index in [-0.39, 0.29) is 17.2 Å². The maximum atomic E-state index is 11.5. The van der Waals surface area contributed by atoms with Crippen molar-refractivity contribution >= 4 is 25.8 Å². The minimum absolute atomic E-state index is 0.110. The lowest BCUT2D eigenvalue weighted by Gasteiger charge is -2.21. The van der Waals surface area contributed by atoms with Gasteiger partial charge in [-0.25, -0.2) is 13.5 Å². The molecule has 1 aliphatic heterocycles. The molecule has 1 atom stereocenters. The van der Waals surface area contributed by atoms with Gasteiger partial charge in [-0.05, 0) is 47.2 Å². The molecule has 1 unspecified atom stereocenters. The Morgan fingerprint density at radius 1 is 1.53 bits per heavy atom. The average Bonchev–Trinajstić information content (AvgIpc) is 2.22. The summed E-state index contributed by atoms with van der Waals surface area (Å²) in [7, 11) is -2.88. The smallest absolute Gasteiger partial charge is 0.267 e. The zero-order valence-corrected chi connectivity index (χ0v) is 11.6. The van der Waals surface area contributed by atoms with Crippen LogP contribution in [0.15, 0.2) is 15.3 Å². The first-order valence-electron chi connectivity index (χ1n) is 5.41. The van der Waals surface area contributed by atoms with Crippen LogP contribution < -0.4 is 5.56 Å². The predicted octanol–water partition coefficient (Wildman–Crippen LogP) is 0.900. The number of hydrogen-bond donors (Lipinski definition) is 1. The first-order chi connectivity index (χ1) is 7.96. The Labute approximate surface area is 108 Å². The number of nitrogens with one attached hydrogen (secondary N) is 1. The summed E-state index contributed by atoms with van der Waals surface area (Å²) < 4.78 is 23.4. The van der Waals surface area contributed by atoms with E-state index in [9.17, 15) is 13.2 Å². The summed E-state index contributed by atoms with van der Waals surface area (Å²) in [6.07, 6.45) is 2.21. The Kier molecular flexibility index (Phi) is 3.67. The van der Waals surface area contributed by atoms with E-state index in [2.05, 4.69) is 26.1 Å². The Morgan fingerprint density at radius 2 is 2.29 bits per heavy atom. The fourth-order valence-corrected chi connectivity index (χ4v) is 4.23. The van der Waals surface area contributed by atoms with E-state index >= 15 is 0 Å².